The quantitative estimate of drug-likeness (QED) is 0.729. The summed E-state index contributed by atoms with van der Waals surface area (Å²) >= 11 is 0. The smallest absolute Gasteiger partial charge is 0.224 e. The Balaban J connectivity index is 1.78. The van der Waals surface area contributed by atoms with Gasteiger partial charge in [-0.15, -0.1) is 0 Å². The second-order valence-corrected chi connectivity index (χ2v) is 7.25. The maximum absolute atomic E-state index is 11.4. The van der Waals surface area contributed by atoms with Crippen LogP contribution in [-0.2, 0) is 11.2 Å². The van der Waals surface area contributed by atoms with Gasteiger partial charge in [0.1, 0.15) is 0 Å². The van der Waals surface area contributed by atoms with Gasteiger partial charge in [0.25, 0.3) is 0 Å². The lowest BCUT2D eigenvalue weighted by molar-refractivity contribution is -0.116. The highest BCUT2D eigenvalue weighted by Gasteiger charge is 2.28. The molecule has 1 heterocycles. The zero-order valence-electron chi connectivity index (χ0n) is 13.0. The van der Waals surface area contributed by atoms with Crippen molar-refractivity contribution in [3.05, 3.63) is 17.7 Å². The van der Waals surface area contributed by atoms with Crippen LogP contribution in [0.2, 0.25) is 0 Å². The lowest BCUT2D eigenvalue weighted by Crippen LogP contribution is -2.32. The number of nitrogens with one attached hydrogen (secondary N) is 2. The van der Waals surface area contributed by atoms with Gasteiger partial charge in [0, 0.05) is 18.2 Å². The second-order valence-electron chi connectivity index (χ2n) is 7.25. The number of amides is 1. The van der Waals surface area contributed by atoms with Gasteiger partial charge in [0.15, 0.2) is 0 Å². The van der Waals surface area contributed by atoms with Crippen LogP contribution in [0.4, 0.5) is 17.1 Å². The lowest BCUT2D eigenvalue weighted by atomic mass is 9.75. The minimum absolute atomic E-state index is 0.0802. The Morgan fingerprint density at radius 2 is 2.14 bits per heavy atom. The van der Waals surface area contributed by atoms with Crippen LogP contribution in [0.25, 0.3) is 0 Å². The average molecular weight is 287 g/mol. The summed E-state index contributed by atoms with van der Waals surface area (Å²) in [5.74, 6) is 0.0802. The minimum Gasteiger partial charge on any atom is -0.397 e. The molecule has 0 bridgehead atoms. The van der Waals surface area contributed by atoms with Crippen LogP contribution in [0.1, 0.15) is 51.5 Å². The van der Waals surface area contributed by atoms with Crippen molar-refractivity contribution < 1.29 is 4.79 Å². The van der Waals surface area contributed by atoms with Gasteiger partial charge in [0.2, 0.25) is 5.91 Å². The van der Waals surface area contributed by atoms with Crippen molar-refractivity contribution in [1.82, 2.24) is 0 Å². The highest BCUT2D eigenvalue weighted by molar-refractivity contribution is 5.95. The molecule has 4 heteroatoms. The first kappa shape index (κ1) is 14.2. The van der Waals surface area contributed by atoms with Crippen molar-refractivity contribution in [1.29, 1.82) is 0 Å². The Hall–Kier alpha value is -1.71. The number of anilines is 3. The molecule has 2 aliphatic rings. The first-order valence-corrected chi connectivity index (χ1v) is 7.92. The van der Waals surface area contributed by atoms with Crippen LogP contribution in [0.3, 0.4) is 0 Å². The lowest BCUT2D eigenvalue weighted by Gasteiger charge is -2.36. The maximum Gasteiger partial charge on any atom is 0.224 e. The Morgan fingerprint density at radius 3 is 2.90 bits per heavy atom. The molecule has 4 nitrogen and oxygen atoms in total. The van der Waals surface area contributed by atoms with Gasteiger partial charge in [-0.3, -0.25) is 4.79 Å². The Bertz CT molecular complexity index is 565. The first-order chi connectivity index (χ1) is 9.93. The molecule has 21 heavy (non-hydrogen) atoms. The monoisotopic (exact) mass is 287 g/mol. The predicted molar refractivity (Wildman–Crippen MR) is 87.5 cm³/mol. The summed E-state index contributed by atoms with van der Waals surface area (Å²) in [5.41, 5.74) is 10.4. The van der Waals surface area contributed by atoms with Crippen molar-refractivity contribution in [2.45, 2.75) is 58.4 Å². The van der Waals surface area contributed by atoms with E-state index in [4.69, 9.17) is 5.73 Å². The van der Waals surface area contributed by atoms with Crippen LogP contribution in [-0.4, -0.2) is 11.9 Å². The zero-order chi connectivity index (χ0) is 15.0. The molecule has 1 atom stereocenters. The Labute approximate surface area is 126 Å². The highest BCUT2D eigenvalue weighted by Crippen LogP contribution is 2.38. The molecule has 1 amide bonds. The van der Waals surface area contributed by atoms with Gasteiger partial charge < -0.3 is 16.4 Å². The summed E-state index contributed by atoms with van der Waals surface area (Å²) < 4.78 is 0. The molecule has 1 aliphatic carbocycles. The van der Waals surface area contributed by atoms with Gasteiger partial charge in [0.05, 0.1) is 11.4 Å². The van der Waals surface area contributed by atoms with Gasteiger partial charge in [-0.05, 0) is 48.8 Å². The summed E-state index contributed by atoms with van der Waals surface area (Å²) in [5, 5.41) is 6.53. The van der Waals surface area contributed by atoms with E-state index in [1.54, 1.807) is 0 Å². The van der Waals surface area contributed by atoms with Gasteiger partial charge in [-0.25, -0.2) is 0 Å². The Morgan fingerprint density at radius 1 is 1.33 bits per heavy atom. The molecule has 0 spiro atoms. The number of fused-ring (bicyclic) bond motifs is 1. The molecular formula is C17H25N3O. The number of carbonyl (C=O) groups excluding carboxylic acids is 1. The van der Waals surface area contributed by atoms with Gasteiger partial charge in [-0.2, -0.15) is 0 Å². The maximum atomic E-state index is 11.4. The average Bonchev–Trinajstić information content (AvgIpc) is 2.39. The third-order valence-corrected chi connectivity index (χ3v) is 4.74. The van der Waals surface area contributed by atoms with E-state index in [0.717, 1.165) is 23.5 Å². The third-order valence-electron chi connectivity index (χ3n) is 4.74. The molecule has 1 saturated carbocycles. The second kappa shape index (κ2) is 5.24. The van der Waals surface area contributed by atoms with E-state index in [0.29, 0.717) is 17.9 Å². The third kappa shape index (κ3) is 3.14. The normalized spacial score (nSPS) is 24.1. The fraction of sp³-hybridized carbons (Fsp3) is 0.588. The van der Waals surface area contributed by atoms with Gasteiger partial charge >= 0.3 is 0 Å². The summed E-state index contributed by atoms with van der Waals surface area (Å²) in [6, 6.07) is 4.50. The fourth-order valence-electron chi connectivity index (χ4n) is 3.61. The summed E-state index contributed by atoms with van der Waals surface area (Å²) in [6.07, 6.45) is 6.32. The zero-order valence-corrected chi connectivity index (χ0v) is 13.0. The molecule has 1 unspecified atom stereocenters. The van der Waals surface area contributed by atoms with E-state index in [-0.39, 0.29) is 5.91 Å². The molecular weight excluding hydrogens is 262 g/mol. The number of hydrogen-bond donors (Lipinski definition) is 3. The fourth-order valence-corrected chi connectivity index (χ4v) is 3.61. The van der Waals surface area contributed by atoms with Crippen LogP contribution < -0.4 is 16.4 Å². The number of nitrogen functional groups attached to an aromatic ring is 1. The van der Waals surface area contributed by atoms with Crippen LogP contribution in [0.5, 0.6) is 0 Å². The number of nitrogens with two attached hydrogens (primary N) is 1. The standard InChI is InChI=1S/C17H25N3O/c1-17(2)7-3-4-12(10-17)19-15-8-11-5-6-16(21)20-14(11)9-13(15)18/h8-9,12,19H,3-7,10,18H2,1-2H3,(H,20,21). The Kier molecular flexibility index (Phi) is 3.56. The van der Waals surface area contributed by atoms with E-state index >= 15 is 0 Å². The number of aryl methyl sites for hydroxylation is 1. The molecule has 1 fully saturated rings. The van der Waals surface area contributed by atoms with Crippen molar-refractivity contribution >= 4 is 23.0 Å². The summed E-state index contributed by atoms with van der Waals surface area (Å²) in [7, 11) is 0. The molecule has 3 rings (SSSR count). The van der Waals surface area contributed by atoms with E-state index in [1.807, 2.05) is 6.07 Å². The molecule has 0 radical (unpaired) electrons. The van der Waals surface area contributed by atoms with Crippen LogP contribution in [0.15, 0.2) is 12.1 Å². The molecule has 1 aromatic carbocycles. The van der Waals surface area contributed by atoms with Crippen molar-refractivity contribution in [3.63, 3.8) is 0 Å². The molecule has 4 N–H and O–H groups in total. The molecule has 1 aliphatic heterocycles. The van der Waals surface area contributed by atoms with Crippen LogP contribution in [0, 0.1) is 5.41 Å². The van der Waals surface area contributed by atoms with E-state index < -0.39 is 0 Å². The van der Waals surface area contributed by atoms with E-state index in [9.17, 15) is 4.79 Å². The minimum atomic E-state index is 0.0802. The molecule has 1 aromatic rings. The summed E-state index contributed by atoms with van der Waals surface area (Å²) in [4.78, 5) is 11.4. The van der Waals surface area contributed by atoms with Crippen molar-refractivity contribution in [3.8, 4) is 0 Å². The molecule has 114 valence electrons. The largest absolute Gasteiger partial charge is 0.397 e. The van der Waals surface area contributed by atoms with E-state index in [2.05, 4.69) is 30.5 Å². The summed E-state index contributed by atoms with van der Waals surface area (Å²) in [6.45, 7) is 4.68. The topological polar surface area (TPSA) is 67.2 Å². The van der Waals surface area contributed by atoms with Crippen molar-refractivity contribution in [2.24, 2.45) is 5.41 Å². The SMILES string of the molecule is CC1(C)CCCC(Nc2cc3c(cc2N)NC(=O)CC3)C1. The highest BCUT2D eigenvalue weighted by atomic mass is 16.1. The van der Waals surface area contributed by atoms with Gasteiger partial charge in [-0.1, -0.05) is 20.3 Å². The van der Waals surface area contributed by atoms with E-state index in [1.165, 1.54) is 31.2 Å². The first-order valence-electron chi connectivity index (χ1n) is 7.92. The molecule has 0 saturated heterocycles. The molecule has 0 aromatic heterocycles. The number of rotatable bonds is 2. The van der Waals surface area contributed by atoms with Crippen molar-refractivity contribution in [2.75, 3.05) is 16.4 Å². The number of hydrogen-bond acceptors (Lipinski definition) is 3. The van der Waals surface area contributed by atoms with Crippen LogP contribution >= 0.6 is 0 Å². The number of benzene rings is 1. The predicted octanol–water partition coefficient (Wildman–Crippen LogP) is 3.53. The number of carbonyl (C=O) groups is 1.